The van der Waals surface area contributed by atoms with Gasteiger partial charge in [-0.2, -0.15) is 0 Å². The summed E-state index contributed by atoms with van der Waals surface area (Å²) >= 11 is 0. The quantitative estimate of drug-likeness (QED) is 0.235. The molecule has 0 aromatic heterocycles. The molecular weight excluding hydrogens is 195 g/mol. The summed E-state index contributed by atoms with van der Waals surface area (Å²) in [5, 5.41) is 7.99. The lowest BCUT2D eigenvalue weighted by Gasteiger charge is -2.08. The molecule has 7 heteroatoms. The third-order valence-corrected chi connectivity index (χ3v) is 2.53. The summed E-state index contributed by atoms with van der Waals surface area (Å²) < 4.78 is 14.5. The van der Waals surface area contributed by atoms with E-state index in [0.717, 1.165) is 0 Å². The van der Waals surface area contributed by atoms with E-state index in [4.69, 9.17) is 21.6 Å². The largest absolute Gasteiger partial charge is 0.399 e. The molecule has 13 heavy (non-hydrogen) atoms. The van der Waals surface area contributed by atoms with Crippen LogP contribution in [0, 0.1) is 0 Å². The molecule has 0 saturated carbocycles. The molecule has 72 valence electrons. The highest BCUT2D eigenvalue weighted by Gasteiger charge is 2.23. The van der Waals surface area contributed by atoms with Crippen molar-refractivity contribution in [3.63, 3.8) is 0 Å². The molecule has 0 aliphatic heterocycles. The Bertz CT molecular complexity index is 347. The monoisotopic (exact) mass is 204 g/mol. The first-order valence-corrected chi connectivity index (χ1v) is 4.86. The minimum absolute atomic E-state index is 0.146. The molecule has 0 aliphatic carbocycles. The van der Waals surface area contributed by atoms with Crippen LogP contribution in [0.5, 0.6) is 0 Å². The molecule has 0 radical (unpaired) electrons. The molecule has 0 aliphatic rings. The average Bonchev–Trinajstić information content (AvgIpc) is 2.02. The summed E-state index contributed by atoms with van der Waals surface area (Å²) in [6, 6.07) is 3.82. The minimum atomic E-state index is -4.18. The van der Waals surface area contributed by atoms with Gasteiger partial charge < -0.3 is 16.4 Å². The smallest absolute Gasteiger partial charge is 0.385 e. The highest BCUT2D eigenvalue weighted by atomic mass is 31.2. The second kappa shape index (κ2) is 3.35. The summed E-state index contributed by atoms with van der Waals surface area (Å²) in [5.41, 5.74) is 11.2. The fraction of sp³-hybridized carbons (Fsp3) is 0. The molecule has 0 bridgehead atoms. The van der Waals surface area contributed by atoms with Crippen molar-refractivity contribution in [2.24, 2.45) is 0 Å². The molecular formula is C6H9N2O4P. The summed E-state index contributed by atoms with van der Waals surface area (Å²) in [4.78, 5) is 9.02. The molecule has 1 aromatic rings. The zero-order valence-electron chi connectivity index (χ0n) is 6.54. The van der Waals surface area contributed by atoms with Crippen LogP contribution < -0.4 is 16.8 Å². The fourth-order valence-corrected chi connectivity index (χ4v) is 1.59. The first-order chi connectivity index (χ1) is 5.95. The Morgan fingerprint density at radius 2 is 1.69 bits per heavy atom. The van der Waals surface area contributed by atoms with Crippen LogP contribution in [0.25, 0.3) is 0 Å². The Labute approximate surface area is 74.2 Å². The van der Waals surface area contributed by atoms with E-state index in [9.17, 15) is 4.57 Å². The summed E-state index contributed by atoms with van der Waals surface area (Å²) in [6.45, 7) is 0. The maximum Gasteiger partial charge on any atom is 0.385 e. The molecule has 0 spiro atoms. The van der Waals surface area contributed by atoms with Crippen molar-refractivity contribution in [2.45, 2.75) is 0 Å². The average molecular weight is 204 g/mol. The highest BCUT2D eigenvalue weighted by Crippen LogP contribution is 2.40. The van der Waals surface area contributed by atoms with Crippen molar-refractivity contribution in [3.05, 3.63) is 18.2 Å². The number of rotatable bonds is 2. The Morgan fingerprint density at radius 1 is 1.23 bits per heavy atom. The van der Waals surface area contributed by atoms with Gasteiger partial charge in [-0.15, -0.1) is 4.67 Å². The van der Waals surface area contributed by atoms with Crippen LogP contribution in [0.15, 0.2) is 18.2 Å². The molecule has 0 fully saturated rings. The normalized spacial score (nSPS) is 15.2. The number of nitrogen functional groups attached to an aromatic ring is 2. The van der Waals surface area contributed by atoms with Crippen LogP contribution in [0.1, 0.15) is 0 Å². The van der Waals surface area contributed by atoms with Crippen molar-refractivity contribution < 1.29 is 19.4 Å². The Morgan fingerprint density at radius 3 is 2.08 bits per heavy atom. The number of hydrogen-bond acceptors (Lipinski definition) is 5. The first-order valence-electron chi connectivity index (χ1n) is 3.28. The molecule has 0 amide bonds. The topological polar surface area (TPSA) is 119 Å². The molecule has 6 N–H and O–H groups in total. The van der Waals surface area contributed by atoms with Gasteiger partial charge in [-0.1, -0.05) is 0 Å². The lowest BCUT2D eigenvalue weighted by molar-refractivity contribution is -0.143. The van der Waals surface area contributed by atoms with Gasteiger partial charge in [0.05, 0.1) is 5.30 Å². The Kier molecular flexibility index (Phi) is 2.58. The van der Waals surface area contributed by atoms with E-state index >= 15 is 0 Å². The van der Waals surface area contributed by atoms with Gasteiger partial charge in [-0.05, 0) is 18.2 Å². The second-order valence-electron chi connectivity index (χ2n) is 2.46. The van der Waals surface area contributed by atoms with Gasteiger partial charge in [0.2, 0.25) is 0 Å². The van der Waals surface area contributed by atoms with Crippen molar-refractivity contribution in [1.82, 2.24) is 0 Å². The lowest BCUT2D eigenvalue weighted by Crippen LogP contribution is -2.08. The lowest BCUT2D eigenvalue weighted by atomic mass is 10.3. The highest BCUT2D eigenvalue weighted by molar-refractivity contribution is 7.61. The summed E-state index contributed by atoms with van der Waals surface area (Å²) in [7, 11) is -4.18. The van der Waals surface area contributed by atoms with Crippen molar-refractivity contribution in [2.75, 3.05) is 11.5 Å². The van der Waals surface area contributed by atoms with E-state index in [0.29, 0.717) is 0 Å². The van der Waals surface area contributed by atoms with Crippen LogP contribution in [-0.2, 0) is 9.24 Å². The predicted octanol–water partition coefficient (Wildman–Crippen LogP) is 0.151. The van der Waals surface area contributed by atoms with E-state index in [1.807, 2.05) is 0 Å². The van der Waals surface area contributed by atoms with Crippen LogP contribution >= 0.6 is 7.60 Å². The number of benzene rings is 1. The summed E-state index contributed by atoms with van der Waals surface area (Å²) in [5.74, 6) is 0. The van der Waals surface area contributed by atoms with Crippen molar-refractivity contribution in [1.29, 1.82) is 0 Å². The zero-order valence-corrected chi connectivity index (χ0v) is 7.44. The van der Waals surface area contributed by atoms with Gasteiger partial charge in [0.25, 0.3) is 0 Å². The minimum Gasteiger partial charge on any atom is -0.399 e. The molecule has 1 atom stereocenters. The third-order valence-electron chi connectivity index (χ3n) is 1.40. The van der Waals surface area contributed by atoms with Crippen molar-refractivity contribution >= 4 is 24.3 Å². The second-order valence-corrected chi connectivity index (χ2v) is 4.18. The van der Waals surface area contributed by atoms with E-state index in [2.05, 4.69) is 4.67 Å². The van der Waals surface area contributed by atoms with E-state index in [-0.39, 0.29) is 16.7 Å². The Hall–Kier alpha value is -1.07. The molecule has 6 nitrogen and oxygen atoms in total. The molecule has 1 unspecified atom stereocenters. The maximum atomic E-state index is 11.1. The third kappa shape index (κ3) is 2.19. The maximum absolute atomic E-state index is 11.1. The Balaban J connectivity index is 3.23. The first kappa shape index (κ1) is 10.0. The van der Waals surface area contributed by atoms with Crippen LogP contribution in [0.3, 0.4) is 0 Å². The van der Waals surface area contributed by atoms with Gasteiger partial charge >= 0.3 is 7.60 Å². The SMILES string of the molecule is Nc1cc(N)cc(P(=O)(O)OO)c1. The van der Waals surface area contributed by atoms with Gasteiger partial charge in [0.15, 0.2) is 0 Å². The summed E-state index contributed by atoms with van der Waals surface area (Å²) in [6.07, 6.45) is 0. The van der Waals surface area contributed by atoms with E-state index in [1.54, 1.807) is 0 Å². The van der Waals surface area contributed by atoms with Gasteiger partial charge in [-0.3, -0.25) is 4.57 Å². The number of nitrogens with two attached hydrogens (primary N) is 2. The van der Waals surface area contributed by atoms with Crippen molar-refractivity contribution in [3.8, 4) is 0 Å². The number of anilines is 2. The standard InChI is InChI=1S/C6H9N2O4P/c7-4-1-5(8)3-6(2-4)13(10,11)12-9/h1-3,9H,7-8H2,(H,10,11). The zero-order chi connectivity index (χ0) is 10.1. The molecule has 0 saturated heterocycles. The van der Waals surface area contributed by atoms with E-state index in [1.165, 1.54) is 18.2 Å². The fourth-order valence-electron chi connectivity index (χ4n) is 0.869. The van der Waals surface area contributed by atoms with Crippen LogP contribution in [0.2, 0.25) is 0 Å². The molecule has 0 heterocycles. The molecule has 1 rings (SSSR count). The van der Waals surface area contributed by atoms with Gasteiger partial charge in [-0.25, -0.2) is 5.26 Å². The number of hydrogen-bond donors (Lipinski definition) is 4. The van der Waals surface area contributed by atoms with Crippen LogP contribution in [0.4, 0.5) is 11.4 Å². The van der Waals surface area contributed by atoms with E-state index < -0.39 is 7.60 Å². The van der Waals surface area contributed by atoms with Crippen LogP contribution in [-0.4, -0.2) is 10.2 Å². The predicted molar refractivity (Wildman–Crippen MR) is 48.4 cm³/mol. The van der Waals surface area contributed by atoms with Gasteiger partial charge in [0.1, 0.15) is 0 Å². The molecule has 1 aromatic carbocycles. The van der Waals surface area contributed by atoms with Gasteiger partial charge in [0, 0.05) is 11.4 Å².